The number of anilines is 1. The van der Waals surface area contributed by atoms with Crippen LogP contribution in [0.4, 0.5) is 5.13 Å². The number of nitrogens with zero attached hydrogens (tertiary/aromatic N) is 3. The van der Waals surface area contributed by atoms with Crippen molar-refractivity contribution in [3.8, 4) is 0 Å². The molecule has 1 aromatic carbocycles. The van der Waals surface area contributed by atoms with E-state index in [-0.39, 0.29) is 5.91 Å². The van der Waals surface area contributed by atoms with Crippen LogP contribution >= 0.6 is 11.3 Å². The number of furan rings is 1. The lowest BCUT2D eigenvalue weighted by molar-refractivity contribution is 0.101. The van der Waals surface area contributed by atoms with Gasteiger partial charge in [0.2, 0.25) is 5.13 Å². The van der Waals surface area contributed by atoms with Gasteiger partial charge in [-0.15, -0.1) is 10.2 Å². The quantitative estimate of drug-likeness (QED) is 0.528. The molecule has 0 saturated carbocycles. The molecule has 1 N–H and O–H groups in total. The van der Waals surface area contributed by atoms with Crippen molar-refractivity contribution in [3.63, 3.8) is 0 Å². The van der Waals surface area contributed by atoms with Gasteiger partial charge in [-0.1, -0.05) is 42.5 Å². The Balaban J connectivity index is 1.65. The second-order valence-electron chi connectivity index (χ2n) is 6.42. The molecule has 0 spiro atoms. The summed E-state index contributed by atoms with van der Waals surface area (Å²) in [6, 6.07) is 11.8. The minimum Gasteiger partial charge on any atom is -0.463 e. The molecule has 1 amide bonds. The van der Waals surface area contributed by atoms with Crippen molar-refractivity contribution in [2.24, 2.45) is 0 Å². The van der Waals surface area contributed by atoms with Crippen molar-refractivity contribution in [1.29, 1.82) is 0 Å². The highest BCUT2D eigenvalue weighted by Gasteiger charge is 2.19. The minimum absolute atomic E-state index is 0.214. The number of amides is 1. The SMILES string of the molecule is CCCc1nnc(NC(=O)c2cc3occc3n2Cc2ccccc2C)s1. The summed E-state index contributed by atoms with van der Waals surface area (Å²) in [5.74, 6) is -0.214. The second kappa shape index (κ2) is 7.36. The summed E-state index contributed by atoms with van der Waals surface area (Å²) in [5.41, 5.74) is 4.47. The molecule has 4 aromatic rings. The number of hydrogen-bond acceptors (Lipinski definition) is 5. The van der Waals surface area contributed by atoms with E-state index in [9.17, 15) is 4.79 Å². The number of nitrogens with one attached hydrogen (secondary N) is 1. The van der Waals surface area contributed by atoms with Crippen molar-refractivity contribution in [3.05, 3.63) is 64.5 Å². The zero-order chi connectivity index (χ0) is 18.8. The van der Waals surface area contributed by atoms with Crippen molar-refractivity contribution in [1.82, 2.24) is 14.8 Å². The highest BCUT2D eigenvalue weighted by atomic mass is 32.1. The van der Waals surface area contributed by atoms with Gasteiger partial charge in [-0.05, 0) is 24.5 Å². The normalized spacial score (nSPS) is 11.2. The van der Waals surface area contributed by atoms with Crippen LogP contribution < -0.4 is 5.32 Å². The Bertz CT molecular complexity index is 1090. The fraction of sp³-hybridized carbons (Fsp3) is 0.250. The van der Waals surface area contributed by atoms with Gasteiger partial charge >= 0.3 is 0 Å². The van der Waals surface area contributed by atoms with Crippen LogP contribution in [0.25, 0.3) is 11.1 Å². The molecule has 0 saturated heterocycles. The third-order valence-electron chi connectivity index (χ3n) is 4.50. The van der Waals surface area contributed by atoms with Crippen LogP contribution in [0.5, 0.6) is 0 Å². The van der Waals surface area contributed by atoms with Gasteiger partial charge in [0.1, 0.15) is 10.7 Å². The van der Waals surface area contributed by atoms with Crippen LogP contribution in [0.1, 0.15) is 40.0 Å². The molecular formula is C20H20N4O2S. The zero-order valence-corrected chi connectivity index (χ0v) is 16.0. The van der Waals surface area contributed by atoms with E-state index in [1.165, 1.54) is 16.9 Å². The molecule has 6 nitrogen and oxygen atoms in total. The number of carbonyl (C=O) groups excluding carboxylic acids is 1. The van der Waals surface area contributed by atoms with E-state index in [4.69, 9.17) is 4.42 Å². The van der Waals surface area contributed by atoms with E-state index >= 15 is 0 Å². The Hall–Kier alpha value is -2.93. The van der Waals surface area contributed by atoms with Crippen LogP contribution in [-0.4, -0.2) is 20.7 Å². The van der Waals surface area contributed by atoms with Crippen LogP contribution in [0.3, 0.4) is 0 Å². The largest absolute Gasteiger partial charge is 0.463 e. The van der Waals surface area contributed by atoms with Crippen LogP contribution in [0.2, 0.25) is 0 Å². The van der Waals surface area contributed by atoms with Gasteiger partial charge in [-0.25, -0.2) is 0 Å². The molecule has 3 heterocycles. The Kier molecular flexibility index (Phi) is 4.77. The molecule has 27 heavy (non-hydrogen) atoms. The monoisotopic (exact) mass is 380 g/mol. The molecular weight excluding hydrogens is 360 g/mol. The Labute approximate surface area is 160 Å². The molecule has 4 rings (SSSR count). The topological polar surface area (TPSA) is 73.0 Å². The summed E-state index contributed by atoms with van der Waals surface area (Å²) in [4.78, 5) is 12.9. The van der Waals surface area contributed by atoms with Crippen molar-refractivity contribution in [2.75, 3.05) is 5.32 Å². The first-order chi connectivity index (χ1) is 13.2. The van der Waals surface area contributed by atoms with Crippen LogP contribution in [-0.2, 0) is 13.0 Å². The maximum Gasteiger partial charge on any atom is 0.274 e. The van der Waals surface area contributed by atoms with Gasteiger partial charge < -0.3 is 8.98 Å². The number of hydrogen-bond donors (Lipinski definition) is 1. The Morgan fingerprint density at radius 2 is 2.11 bits per heavy atom. The maximum atomic E-state index is 12.9. The Morgan fingerprint density at radius 1 is 1.26 bits per heavy atom. The average molecular weight is 380 g/mol. The van der Waals surface area contributed by atoms with Crippen molar-refractivity contribution in [2.45, 2.75) is 33.2 Å². The molecule has 138 valence electrons. The maximum absolute atomic E-state index is 12.9. The summed E-state index contributed by atoms with van der Waals surface area (Å²) >= 11 is 1.41. The average Bonchev–Trinajstić information content (AvgIpc) is 3.35. The first kappa shape index (κ1) is 17.5. The summed E-state index contributed by atoms with van der Waals surface area (Å²) in [5, 5.41) is 12.5. The predicted molar refractivity (Wildman–Crippen MR) is 106 cm³/mol. The van der Waals surface area contributed by atoms with E-state index in [0.717, 1.165) is 28.9 Å². The van der Waals surface area contributed by atoms with Gasteiger partial charge in [0.25, 0.3) is 5.91 Å². The highest BCUT2D eigenvalue weighted by Crippen LogP contribution is 2.25. The lowest BCUT2D eigenvalue weighted by Gasteiger charge is -2.11. The molecule has 0 aliphatic heterocycles. The lowest BCUT2D eigenvalue weighted by Crippen LogP contribution is -2.17. The fourth-order valence-electron chi connectivity index (χ4n) is 3.07. The van der Waals surface area contributed by atoms with E-state index < -0.39 is 0 Å². The zero-order valence-electron chi connectivity index (χ0n) is 15.2. The van der Waals surface area contributed by atoms with Gasteiger partial charge in [0.15, 0.2) is 5.58 Å². The smallest absolute Gasteiger partial charge is 0.274 e. The Morgan fingerprint density at radius 3 is 2.93 bits per heavy atom. The highest BCUT2D eigenvalue weighted by molar-refractivity contribution is 7.15. The van der Waals surface area contributed by atoms with E-state index in [2.05, 4.69) is 41.5 Å². The lowest BCUT2D eigenvalue weighted by atomic mass is 10.1. The molecule has 0 aliphatic rings. The molecule has 0 unspecified atom stereocenters. The molecule has 0 bridgehead atoms. The molecule has 0 fully saturated rings. The number of fused-ring (bicyclic) bond motifs is 1. The summed E-state index contributed by atoms with van der Waals surface area (Å²) in [6.45, 7) is 4.75. The number of aromatic nitrogens is 3. The van der Waals surface area contributed by atoms with E-state index in [0.29, 0.717) is 23.0 Å². The number of rotatable bonds is 6. The molecule has 0 aliphatic carbocycles. The number of benzene rings is 1. The standard InChI is InChI=1S/C20H20N4O2S/c1-3-6-18-22-23-20(27-18)21-19(25)16-11-17-15(9-10-26-17)24(16)12-14-8-5-4-7-13(14)2/h4-5,7-11H,3,6,12H2,1-2H3,(H,21,23,25). The van der Waals surface area contributed by atoms with Gasteiger partial charge in [-0.2, -0.15) is 0 Å². The van der Waals surface area contributed by atoms with E-state index in [1.807, 2.05) is 22.8 Å². The second-order valence-corrected chi connectivity index (χ2v) is 7.48. The molecule has 7 heteroatoms. The summed E-state index contributed by atoms with van der Waals surface area (Å²) in [7, 11) is 0. The number of carbonyl (C=O) groups is 1. The third kappa shape index (κ3) is 3.50. The van der Waals surface area contributed by atoms with Gasteiger partial charge in [0.05, 0.1) is 11.8 Å². The molecule has 0 radical (unpaired) electrons. The predicted octanol–water partition coefficient (Wildman–Crippen LogP) is 4.65. The third-order valence-corrected chi connectivity index (χ3v) is 5.39. The number of aryl methyl sites for hydroxylation is 2. The first-order valence-electron chi connectivity index (χ1n) is 8.90. The summed E-state index contributed by atoms with van der Waals surface area (Å²) < 4.78 is 7.49. The van der Waals surface area contributed by atoms with E-state index in [1.54, 1.807) is 12.3 Å². The van der Waals surface area contributed by atoms with Crippen LogP contribution in [0.15, 0.2) is 47.1 Å². The minimum atomic E-state index is -0.214. The van der Waals surface area contributed by atoms with Gasteiger partial charge in [-0.3, -0.25) is 10.1 Å². The fourth-order valence-corrected chi connectivity index (χ4v) is 3.91. The van der Waals surface area contributed by atoms with Gasteiger partial charge in [0, 0.05) is 25.1 Å². The molecule has 0 atom stereocenters. The van der Waals surface area contributed by atoms with Crippen LogP contribution in [0, 0.1) is 6.92 Å². The first-order valence-corrected chi connectivity index (χ1v) is 9.72. The van der Waals surface area contributed by atoms with Crippen molar-refractivity contribution >= 4 is 33.5 Å². The summed E-state index contributed by atoms with van der Waals surface area (Å²) in [6.07, 6.45) is 3.50. The van der Waals surface area contributed by atoms with Crippen molar-refractivity contribution < 1.29 is 9.21 Å². The molecule has 3 aromatic heterocycles.